The van der Waals surface area contributed by atoms with Gasteiger partial charge in [0.1, 0.15) is 17.5 Å². The maximum absolute atomic E-state index is 4.75. The van der Waals surface area contributed by atoms with Crippen LogP contribution in [0.1, 0.15) is 37.6 Å². The minimum absolute atomic E-state index is 0.676. The molecular weight excluding hydrogens is 262 g/mol. The lowest BCUT2D eigenvalue weighted by molar-refractivity contribution is 0.254. The largest absolute Gasteiger partial charge is 0.370 e. The number of hydrogen-bond acceptors (Lipinski definition) is 5. The van der Waals surface area contributed by atoms with Crippen molar-refractivity contribution in [2.75, 3.05) is 36.9 Å². The van der Waals surface area contributed by atoms with E-state index in [0.29, 0.717) is 6.04 Å². The Kier molecular flexibility index (Phi) is 4.02. The van der Waals surface area contributed by atoms with Crippen LogP contribution in [0.4, 0.5) is 11.6 Å². The van der Waals surface area contributed by atoms with Crippen LogP contribution < -0.4 is 10.2 Å². The van der Waals surface area contributed by atoms with Gasteiger partial charge in [0, 0.05) is 37.3 Å². The van der Waals surface area contributed by atoms with Crippen molar-refractivity contribution in [2.45, 2.75) is 52.1 Å². The van der Waals surface area contributed by atoms with Gasteiger partial charge >= 0.3 is 0 Å². The molecule has 1 aromatic heterocycles. The van der Waals surface area contributed by atoms with E-state index >= 15 is 0 Å². The van der Waals surface area contributed by atoms with E-state index in [1.165, 1.54) is 24.8 Å². The van der Waals surface area contributed by atoms with Crippen molar-refractivity contribution in [3.63, 3.8) is 0 Å². The summed E-state index contributed by atoms with van der Waals surface area (Å²) in [5.74, 6) is 2.97. The molecule has 3 rings (SSSR count). The summed E-state index contributed by atoms with van der Waals surface area (Å²) in [7, 11) is 2.29. The SMILES string of the molecule is CCNc1nc(C)nc(N2CCC3CCC(C2)N3C)c1C. The highest BCUT2D eigenvalue weighted by Crippen LogP contribution is 2.32. The zero-order chi connectivity index (χ0) is 15.0. The summed E-state index contributed by atoms with van der Waals surface area (Å²) < 4.78 is 0. The van der Waals surface area contributed by atoms with Gasteiger partial charge in [0.25, 0.3) is 0 Å². The number of likely N-dealkylation sites (N-methyl/N-ethyl adjacent to an activating group) is 1. The molecule has 0 aliphatic carbocycles. The number of hydrogen-bond donors (Lipinski definition) is 1. The molecule has 2 saturated heterocycles. The first-order chi connectivity index (χ1) is 10.1. The average Bonchev–Trinajstić information content (AvgIpc) is 2.68. The molecule has 0 aromatic carbocycles. The third-order valence-corrected chi connectivity index (χ3v) is 5.02. The molecule has 3 heterocycles. The molecule has 0 radical (unpaired) electrons. The van der Waals surface area contributed by atoms with Crippen LogP contribution in [0.5, 0.6) is 0 Å². The van der Waals surface area contributed by atoms with Gasteiger partial charge in [-0.05, 0) is 47.1 Å². The molecule has 2 fully saturated rings. The van der Waals surface area contributed by atoms with Crippen LogP contribution in [-0.4, -0.2) is 53.6 Å². The maximum Gasteiger partial charge on any atom is 0.137 e. The molecule has 1 N–H and O–H groups in total. The zero-order valence-corrected chi connectivity index (χ0v) is 13.7. The van der Waals surface area contributed by atoms with Gasteiger partial charge in [-0.2, -0.15) is 0 Å². The smallest absolute Gasteiger partial charge is 0.137 e. The lowest BCUT2D eigenvalue weighted by atomic mass is 10.1. The van der Waals surface area contributed by atoms with Gasteiger partial charge in [0.05, 0.1) is 0 Å². The Balaban J connectivity index is 1.89. The van der Waals surface area contributed by atoms with Crippen LogP contribution >= 0.6 is 0 Å². The van der Waals surface area contributed by atoms with Crippen LogP contribution in [-0.2, 0) is 0 Å². The van der Waals surface area contributed by atoms with E-state index in [-0.39, 0.29) is 0 Å². The van der Waals surface area contributed by atoms with E-state index in [1.54, 1.807) is 0 Å². The Labute approximate surface area is 127 Å². The molecule has 2 unspecified atom stereocenters. The van der Waals surface area contributed by atoms with Gasteiger partial charge < -0.3 is 10.2 Å². The highest BCUT2D eigenvalue weighted by Gasteiger charge is 2.35. The zero-order valence-electron chi connectivity index (χ0n) is 13.7. The second-order valence-electron chi connectivity index (χ2n) is 6.38. The highest BCUT2D eigenvalue weighted by atomic mass is 15.3. The summed E-state index contributed by atoms with van der Waals surface area (Å²) >= 11 is 0. The summed E-state index contributed by atoms with van der Waals surface area (Å²) in [6, 6.07) is 1.44. The second-order valence-corrected chi connectivity index (χ2v) is 6.38. The number of rotatable bonds is 3. The van der Waals surface area contributed by atoms with Crippen LogP contribution in [0.2, 0.25) is 0 Å². The van der Waals surface area contributed by atoms with Gasteiger partial charge in [0.2, 0.25) is 0 Å². The molecule has 21 heavy (non-hydrogen) atoms. The molecule has 2 bridgehead atoms. The third kappa shape index (κ3) is 2.71. The molecule has 0 spiro atoms. The first-order valence-electron chi connectivity index (χ1n) is 8.16. The molecule has 0 saturated carbocycles. The van der Waals surface area contributed by atoms with Crippen molar-refractivity contribution in [2.24, 2.45) is 0 Å². The predicted molar refractivity (Wildman–Crippen MR) is 87.1 cm³/mol. The maximum atomic E-state index is 4.75. The number of fused-ring (bicyclic) bond motifs is 2. The van der Waals surface area contributed by atoms with Crippen LogP contribution in [0, 0.1) is 13.8 Å². The van der Waals surface area contributed by atoms with Crippen molar-refractivity contribution in [3.8, 4) is 0 Å². The number of nitrogens with one attached hydrogen (secondary N) is 1. The van der Waals surface area contributed by atoms with Crippen molar-refractivity contribution < 1.29 is 0 Å². The van der Waals surface area contributed by atoms with E-state index in [4.69, 9.17) is 4.98 Å². The van der Waals surface area contributed by atoms with E-state index in [1.807, 2.05) is 6.92 Å². The van der Waals surface area contributed by atoms with E-state index in [2.05, 4.69) is 41.0 Å². The summed E-state index contributed by atoms with van der Waals surface area (Å²) in [6.07, 6.45) is 3.92. The van der Waals surface area contributed by atoms with Crippen molar-refractivity contribution in [3.05, 3.63) is 11.4 Å². The fourth-order valence-corrected chi connectivity index (χ4v) is 3.76. The summed E-state index contributed by atoms with van der Waals surface area (Å²) in [6.45, 7) is 9.32. The summed E-state index contributed by atoms with van der Waals surface area (Å²) in [5, 5.41) is 3.37. The lowest BCUT2D eigenvalue weighted by Crippen LogP contribution is -2.37. The summed E-state index contributed by atoms with van der Waals surface area (Å²) in [4.78, 5) is 14.3. The molecule has 5 nitrogen and oxygen atoms in total. The van der Waals surface area contributed by atoms with E-state index in [9.17, 15) is 0 Å². The number of anilines is 2. The van der Waals surface area contributed by atoms with Gasteiger partial charge in [-0.25, -0.2) is 9.97 Å². The molecule has 116 valence electrons. The van der Waals surface area contributed by atoms with Crippen LogP contribution in [0.25, 0.3) is 0 Å². The summed E-state index contributed by atoms with van der Waals surface area (Å²) in [5.41, 5.74) is 1.18. The standard InChI is InChI=1S/C16H27N5/c1-5-17-15-11(2)16(19-12(3)18-15)21-9-8-13-6-7-14(10-21)20(13)4/h13-14H,5-10H2,1-4H3,(H,17,18,19). The normalized spacial score (nSPS) is 26.0. The first-order valence-corrected chi connectivity index (χ1v) is 8.16. The van der Waals surface area contributed by atoms with Crippen LogP contribution in [0.15, 0.2) is 0 Å². The lowest BCUT2D eigenvalue weighted by Gasteiger charge is -2.28. The quantitative estimate of drug-likeness (QED) is 0.924. The second kappa shape index (κ2) is 5.79. The molecule has 2 aliphatic rings. The Hall–Kier alpha value is -1.36. The minimum Gasteiger partial charge on any atom is -0.370 e. The van der Waals surface area contributed by atoms with Gasteiger partial charge in [0.15, 0.2) is 0 Å². The fourth-order valence-electron chi connectivity index (χ4n) is 3.76. The Bertz CT molecular complexity index is 516. The molecule has 1 aromatic rings. The van der Waals surface area contributed by atoms with Crippen molar-refractivity contribution in [1.29, 1.82) is 0 Å². The number of aryl methyl sites for hydroxylation is 1. The molecule has 2 atom stereocenters. The monoisotopic (exact) mass is 289 g/mol. The van der Waals surface area contributed by atoms with E-state index in [0.717, 1.165) is 43.1 Å². The fraction of sp³-hybridized carbons (Fsp3) is 0.750. The third-order valence-electron chi connectivity index (χ3n) is 5.02. The molecule has 0 amide bonds. The van der Waals surface area contributed by atoms with Gasteiger partial charge in [-0.15, -0.1) is 0 Å². The van der Waals surface area contributed by atoms with Crippen molar-refractivity contribution in [1.82, 2.24) is 14.9 Å². The van der Waals surface area contributed by atoms with Gasteiger partial charge in [-0.3, -0.25) is 4.90 Å². The minimum atomic E-state index is 0.676. The number of nitrogens with zero attached hydrogens (tertiary/aromatic N) is 4. The van der Waals surface area contributed by atoms with Gasteiger partial charge in [-0.1, -0.05) is 0 Å². The Morgan fingerprint density at radius 3 is 2.67 bits per heavy atom. The van der Waals surface area contributed by atoms with Crippen molar-refractivity contribution >= 4 is 11.6 Å². The molecular formula is C16H27N5. The molecule has 5 heteroatoms. The Morgan fingerprint density at radius 2 is 1.90 bits per heavy atom. The predicted octanol–water partition coefficient (Wildman–Crippen LogP) is 2.20. The first kappa shape index (κ1) is 14.6. The number of aromatic nitrogens is 2. The van der Waals surface area contributed by atoms with E-state index < -0.39 is 0 Å². The van der Waals surface area contributed by atoms with Crippen LogP contribution in [0.3, 0.4) is 0 Å². The Morgan fingerprint density at radius 1 is 1.14 bits per heavy atom. The molecule has 2 aliphatic heterocycles. The highest BCUT2D eigenvalue weighted by molar-refractivity contribution is 5.58. The topological polar surface area (TPSA) is 44.3 Å². The average molecular weight is 289 g/mol.